The van der Waals surface area contributed by atoms with Crippen molar-refractivity contribution < 1.29 is 14.3 Å². The molecule has 5 nitrogen and oxygen atoms in total. The Hall–Kier alpha value is -2.73. The van der Waals surface area contributed by atoms with E-state index in [0.29, 0.717) is 16.3 Å². The number of ether oxygens (including phenoxy) is 1. The van der Waals surface area contributed by atoms with Crippen LogP contribution in [0, 0.1) is 0 Å². The molecule has 0 atom stereocenters. The number of rotatable bonds is 6. The third-order valence-electron chi connectivity index (χ3n) is 3.79. The van der Waals surface area contributed by atoms with Crippen LogP contribution in [0.3, 0.4) is 0 Å². The Balaban J connectivity index is 1.67. The van der Waals surface area contributed by atoms with E-state index in [2.05, 4.69) is 10.6 Å². The third kappa shape index (κ3) is 5.64. The minimum atomic E-state index is -0.491. The van der Waals surface area contributed by atoms with Gasteiger partial charge >= 0.3 is 0 Å². The molecule has 0 saturated heterocycles. The monoisotopic (exact) mass is 448 g/mol. The number of benzene rings is 3. The molecule has 0 spiro atoms. The maximum atomic E-state index is 12.6. The molecule has 0 radical (unpaired) electrons. The van der Waals surface area contributed by atoms with Crippen LogP contribution >= 0.6 is 34.8 Å². The molecule has 0 bridgehead atoms. The van der Waals surface area contributed by atoms with E-state index in [1.807, 2.05) is 18.2 Å². The molecular formula is C21H15Cl3N2O3. The van der Waals surface area contributed by atoms with Gasteiger partial charge in [-0.25, -0.2) is 0 Å². The highest BCUT2D eigenvalue weighted by Gasteiger charge is 2.15. The smallest absolute Gasteiger partial charge is 0.262 e. The zero-order valence-electron chi connectivity index (χ0n) is 14.9. The van der Waals surface area contributed by atoms with Crippen molar-refractivity contribution in [3.8, 4) is 5.75 Å². The van der Waals surface area contributed by atoms with Crippen LogP contribution in [0.1, 0.15) is 10.4 Å². The summed E-state index contributed by atoms with van der Waals surface area (Å²) < 4.78 is 5.55. The Kier molecular flexibility index (Phi) is 6.99. The first-order valence-electron chi connectivity index (χ1n) is 8.46. The molecule has 8 heteroatoms. The van der Waals surface area contributed by atoms with Crippen LogP contribution in [-0.2, 0) is 4.79 Å². The molecule has 0 unspecified atom stereocenters. The van der Waals surface area contributed by atoms with Crippen LogP contribution in [0.5, 0.6) is 5.75 Å². The summed E-state index contributed by atoms with van der Waals surface area (Å²) in [6.45, 7) is -0.342. The molecule has 0 heterocycles. The minimum Gasteiger partial charge on any atom is -0.483 e. The van der Waals surface area contributed by atoms with Gasteiger partial charge in [-0.1, -0.05) is 65.1 Å². The normalized spacial score (nSPS) is 10.3. The lowest BCUT2D eigenvalue weighted by atomic mass is 10.2. The maximum absolute atomic E-state index is 12.6. The number of para-hydroxylation sites is 2. The van der Waals surface area contributed by atoms with Crippen molar-refractivity contribution in [2.24, 2.45) is 0 Å². The predicted octanol–water partition coefficient (Wildman–Crippen LogP) is 5.92. The van der Waals surface area contributed by atoms with Crippen LogP contribution in [-0.4, -0.2) is 18.4 Å². The van der Waals surface area contributed by atoms with Gasteiger partial charge < -0.3 is 15.4 Å². The van der Waals surface area contributed by atoms with Gasteiger partial charge in [-0.2, -0.15) is 0 Å². The Morgan fingerprint density at radius 1 is 0.828 bits per heavy atom. The number of amides is 2. The van der Waals surface area contributed by atoms with Crippen LogP contribution in [0.4, 0.5) is 11.4 Å². The highest BCUT2D eigenvalue weighted by molar-refractivity contribution is 6.42. The molecule has 3 aromatic carbocycles. The summed E-state index contributed by atoms with van der Waals surface area (Å²) in [6.07, 6.45) is 0. The van der Waals surface area contributed by atoms with Gasteiger partial charge in [-0.3, -0.25) is 9.59 Å². The molecule has 3 rings (SSSR count). The lowest BCUT2D eigenvalue weighted by Gasteiger charge is -2.13. The summed E-state index contributed by atoms with van der Waals surface area (Å²) in [6, 6.07) is 18.6. The fraction of sp³-hybridized carbons (Fsp3) is 0.0476. The first-order chi connectivity index (χ1) is 13.9. The standard InChI is InChI=1S/C21H15Cl3N2O3/c22-13-10-16(23)20(17(24)11-13)26-19(27)12-29-18-9-5-4-8-15(18)21(28)25-14-6-2-1-3-7-14/h1-11H,12H2,(H,25,28)(H,26,27). The van der Waals surface area contributed by atoms with Crippen molar-refractivity contribution in [1.29, 1.82) is 0 Å². The third-order valence-corrected chi connectivity index (χ3v) is 4.61. The van der Waals surface area contributed by atoms with E-state index in [4.69, 9.17) is 39.5 Å². The van der Waals surface area contributed by atoms with E-state index < -0.39 is 5.91 Å². The molecule has 148 valence electrons. The Bertz CT molecular complexity index is 1020. The summed E-state index contributed by atoms with van der Waals surface area (Å²) in [4.78, 5) is 24.8. The number of hydrogen-bond donors (Lipinski definition) is 2. The number of hydrogen-bond acceptors (Lipinski definition) is 3. The van der Waals surface area contributed by atoms with E-state index >= 15 is 0 Å². The van der Waals surface area contributed by atoms with Gasteiger partial charge in [0.25, 0.3) is 11.8 Å². The molecule has 0 aliphatic heterocycles. The largest absolute Gasteiger partial charge is 0.483 e. The molecule has 0 saturated carbocycles. The molecular weight excluding hydrogens is 435 g/mol. The first-order valence-corrected chi connectivity index (χ1v) is 9.60. The molecule has 2 N–H and O–H groups in total. The van der Waals surface area contributed by atoms with Gasteiger partial charge in [-0.05, 0) is 36.4 Å². The van der Waals surface area contributed by atoms with Gasteiger partial charge in [0.05, 0.1) is 21.3 Å². The van der Waals surface area contributed by atoms with Gasteiger partial charge in [0.15, 0.2) is 6.61 Å². The molecule has 3 aromatic rings. The average molecular weight is 450 g/mol. The Labute approximate surface area is 182 Å². The number of carbonyl (C=O) groups excluding carboxylic acids is 2. The fourth-order valence-electron chi connectivity index (χ4n) is 2.48. The second kappa shape index (κ2) is 9.65. The first kappa shape index (κ1) is 21.0. The molecule has 0 aromatic heterocycles. The SMILES string of the molecule is O=C(COc1ccccc1C(=O)Nc1ccccc1)Nc1c(Cl)cc(Cl)cc1Cl. The lowest BCUT2D eigenvalue weighted by molar-refractivity contribution is -0.118. The highest BCUT2D eigenvalue weighted by Crippen LogP contribution is 2.33. The molecule has 29 heavy (non-hydrogen) atoms. The van der Waals surface area contributed by atoms with Gasteiger partial charge in [0.1, 0.15) is 5.75 Å². The quantitative estimate of drug-likeness (QED) is 0.491. The number of anilines is 2. The van der Waals surface area contributed by atoms with Crippen molar-refractivity contribution in [3.63, 3.8) is 0 Å². The van der Waals surface area contributed by atoms with Crippen LogP contribution in [0.2, 0.25) is 15.1 Å². The number of carbonyl (C=O) groups is 2. The summed E-state index contributed by atoms with van der Waals surface area (Å²) in [5.74, 6) is -0.574. The van der Waals surface area contributed by atoms with Gasteiger partial charge in [0.2, 0.25) is 0 Å². The summed E-state index contributed by atoms with van der Waals surface area (Å²) in [5.41, 5.74) is 1.19. The number of nitrogens with one attached hydrogen (secondary N) is 2. The summed E-state index contributed by atoms with van der Waals surface area (Å²) in [7, 11) is 0. The van der Waals surface area contributed by atoms with E-state index in [-0.39, 0.29) is 34.0 Å². The van der Waals surface area contributed by atoms with Crippen LogP contribution in [0.25, 0.3) is 0 Å². The second-order valence-corrected chi connectivity index (χ2v) is 7.15. The van der Waals surface area contributed by atoms with Crippen LogP contribution in [0.15, 0.2) is 66.7 Å². The lowest BCUT2D eigenvalue weighted by Crippen LogP contribution is -2.22. The zero-order valence-corrected chi connectivity index (χ0v) is 17.2. The maximum Gasteiger partial charge on any atom is 0.262 e. The van der Waals surface area contributed by atoms with Crippen LogP contribution < -0.4 is 15.4 Å². The van der Waals surface area contributed by atoms with Gasteiger partial charge in [0, 0.05) is 10.7 Å². The Morgan fingerprint density at radius 2 is 1.45 bits per heavy atom. The molecule has 0 aliphatic carbocycles. The van der Waals surface area contributed by atoms with E-state index in [0.717, 1.165) is 0 Å². The van der Waals surface area contributed by atoms with Crippen molar-refractivity contribution in [2.45, 2.75) is 0 Å². The topological polar surface area (TPSA) is 67.4 Å². The minimum absolute atomic E-state index is 0.207. The summed E-state index contributed by atoms with van der Waals surface area (Å²) in [5, 5.41) is 6.13. The van der Waals surface area contributed by atoms with Crippen molar-refractivity contribution >= 4 is 58.0 Å². The fourth-order valence-corrected chi connectivity index (χ4v) is 3.39. The van der Waals surface area contributed by atoms with E-state index in [9.17, 15) is 9.59 Å². The van der Waals surface area contributed by atoms with E-state index in [1.54, 1.807) is 36.4 Å². The van der Waals surface area contributed by atoms with Crippen molar-refractivity contribution in [2.75, 3.05) is 17.2 Å². The molecule has 0 aliphatic rings. The predicted molar refractivity (Wildman–Crippen MR) is 116 cm³/mol. The zero-order chi connectivity index (χ0) is 20.8. The Morgan fingerprint density at radius 3 is 2.14 bits per heavy atom. The second-order valence-electron chi connectivity index (χ2n) is 5.90. The summed E-state index contributed by atoms with van der Waals surface area (Å²) >= 11 is 18.0. The van der Waals surface area contributed by atoms with Gasteiger partial charge in [-0.15, -0.1) is 0 Å². The molecule has 0 fully saturated rings. The number of halogens is 3. The highest BCUT2D eigenvalue weighted by atomic mass is 35.5. The van der Waals surface area contributed by atoms with E-state index in [1.165, 1.54) is 12.1 Å². The van der Waals surface area contributed by atoms with Crippen molar-refractivity contribution in [1.82, 2.24) is 0 Å². The molecule has 2 amide bonds. The average Bonchev–Trinajstić information content (AvgIpc) is 2.70. The van der Waals surface area contributed by atoms with Crippen molar-refractivity contribution in [3.05, 3.63) is 87.4 Å².